The van der Waals surface area contributed by atoms with Crippen molar-refractivity contribution in [3.05, 3.63) is 29.3 Å². The third-order valence-corrected chi connectivity index (χ3v) is 4.84. The molecule has 0 saturated heterocycles. The van der Waals surface area contributed by atoms with Gasteiger partial charge in [-0.15, -0.1) is 0 Å². The maximum atomic E-state index is 12.2. The van der Waals surface area contributed by atoms with E-state index in [2.05, 4.69) is 5.32 Å². The van der Waals surface area contributed by atoms with Gasteiger partial charge in [0.05, 0.1) is 11.9 Å². The normalized spacial score (nSPS) is 13.0. The molecule has 1 rings (SSSR count). The molecule has 1 N–H and O–H groups in total. The lowest BCUT2D eigenvalue weighted by atomic mass is 10.1. The highest BCUT2D eigenvalue weighted by Gasteiger charge is 2.23. The monoisotopic (exact) mass is 326 g/mol. The zero-order chi connectivity index (χ0) is 17.1. The van der Waals surface area contributed by atoms with Crippen LogP contribution in [0, 0.1) is 19.8 Å². The fraction of sp³-hybridized carbons (Fsp3) is 0.562. The first-order valence-corrected chi connectivity index (χ1v) is 9.21. The summed E-state index contributed by atoms with van der Waals surface area (Å²) in [5.74, 6) is -0.0103. The van der Waals surface area contributed by atoms with Gasteiger partial charge < -0.3 is 5.32 Å². The van der Waals surface area contributed by atoms with E-state index < -0.39 is 10.0 Å². The van der Waals surface area contributed by atoms with Crippen LogP contribution in [0.15, 0.2) is 18.2 Å². The summed E-state index contributed by atoms with van der Waals surface area (Å²) >= 11 is 0. The predicted molar refractivity (Wildman–Crippen MR) is 90.5 cm³/mol. The fourth-order valence-electron chi connectivity index (χ4n) is 1.97. The molecule has 0 fully saturated rings. The highest BCUT2D eigenvalue weighted by atomic mass is 32.2. The van der Waals surface area contributed by atoms with E-state index >= 15 is 0 Å². The van der Waals surface area contributed by atoms with Gasteiger partial charge in [0.1, 0.15) is 6.54 Å². The van der Waals surface area contributed by atoms with E-state index in [0.717, 1.165) is 21.7 Å². The number of nitrogens with one attached hydrogen (secondary N) is 1. The average molecular weight is 326 g/mol. The maximum Gasteiger partial charge on any atom is 0.240 e. The van der Waals surface area contributed by atoms with Gasteiger partial charge >= 0.3 is 0 Å². The topological polar surface area (TPSA) is 66.5 Å². The number of anilines is 1. The van der Waals surface area contributed by atoms with Crippen LogP contribution in [0.4, 0.5) is 5.69 Å². The van der Waals surface area contributed by atoms with Gasteiger partial charge in [0, 0.05) is 6.04 Å². The van der Waals surface area contributed by atoms with Gasteiger partial charge in [0.2, 0.25) is 15.9 Å². The van der Waals surface area contributed by atoms with Crippen LogP contribution >= 0.6 is 0 Å². The quantitative estimate of drug-likeness (QED) is 0.872. The Balaban J connectivity index is 3.06. The summed E-state index contributed by atoms with van der Waals surface area (Å²) in [5, 5.41) is 2.84. The lowest BCUT2D eigenvalue weighted by molar-refractivity contribution is -0.120. The Hall–Kier alpha value is -1.56. The Morgan fingerprint density at radius 2 is 1.82 bits per heavy atom. The molecule has 0 unspecified atom stereocenters. The number of carbonyl (C=O) groups is 1. The summed E-state index contributed by atoms with van der Waals surface area (Å²) in [6, 6.07) is 5.56. The molecule has 0 heterocycles. The summed E-state index contributed by atoms with van der Waals surface area (Å²) in [5.41, 5.74) is 2.32. The van der Waals surface area contributed by atoms with E-state index in [9.17, 15) is 13.2 Å². The molecule has 1 aromatic carbocycles. The third kappa shape index (κ3) is 5.02. The van der Waals surface area contributed by atoms with Crippen LogP contribution in [-0.4, -0.2) is 33.2 Å². The van der Waals surface area contributed by atoms with Crippen molar-refractivity contribution < 1.29 is 13.2 Å². The first kappa shape index (κ1) is 18.5. The second kappa shape index (κ2) is 7.13. The summed E-state index contributed by atoms with van der Waals surface area (Å²) < 4.78 is 25.4. The standard InChI is InChI=1S/C16H26N2O3S/c1-11(2)14(5)17-16(19)10-18(22(6,20)21)15-9-12(3)7-8-13(15)4/h7-9,11,14H,10H2,1-6H3,(H,17,19)/t14-/m1/s1. The molecule has 0 aromatic heterocycles. The minimum atomic E-state index is -3.54. The first-order valence-electron chi connectivity index (χ1n) is 7.36. The Morgan fingerprint density at radius 1 is 1.23 bits per heavy atom. The number of sulfonamides is 1. The van der Waals surface area contributed by atoms with Crippen LogP contribution in [0.1, 0.15) is 31.9 Å². The van der Waals surface area contributed by atoms with Gasteiger partial charge in [-0.05, 0) is 43.9 Å². The third-order valence-electron chi connectivity index (χ3n) is 3.71. The second-order valence-corrected chi connectivity index (χ2v) is 8.07. The maximum absolute atomic E-state index is 12.2. The van der Waals surface area contributed by atoms with Crippen molar-refractivity contribution in [3.63, 3.8) is 0 Å². The lowest BCUT2D eigenvalue weighted by Gasteiger charge is -2.25. The largest absolute Gasteiger partial charge is 0.352 e. The number of aryl methyl sites for hydroxylation is 2. The van der Waals surface area contributed by atoms with Crippen molar-refractivity contribution in [3.8, 4) is 0 Å². The number of hydrogen-bond donors (Lipinski definition) is 1. The first-order chi connectivity index (χ1) is 10.0. The number of carbonyl (C=O) groups excluding carboxylic acids is 1. The Labute approximate surface area is 133 Å². The molecule has 0 saturated carbocycles. The molecule has 22 heavy (non-hydrogen) atoms. The van der Waals surface area contributed by atoms with Gasteiger partial charge in [-0.3, -0.25) is 9.10 Å². The molecule has 0 bridgehead atoms. The number of nitrogens with zero attached hydrogens (tertiary/aromatic N) is 1. The number of rotatable bonds is 6. The van der Waals surface area contributed by atoms with Gasteiger partial charge in [-0.25, -0.2) is 8.42 Å². The van der Waals surface area contributed by atoms with E-state index in [-0.39, 0.29) is 24.4 Å². The fourth-order valence-corrected chi connectivity index (χ4v) is 2.87. The van der Waals surface area contributed by atoms with E-state index in [4.69, 9.17) is 0 Å². The van der Waals surface area contributed by atoms with Crippen molar-refractivity contribution in [1.82, 2.24) is 5.32 Å². The lowest BCUT2D eigenvalue weighted by Crippen LogP contribution is -2.44. The van der Waals surface area contributed by atoms with Crippen LogP contribution in [0.3, 0.4) is 0 Å². The molecule has 0 radical (unpaired) electrons. The molecule has 0 aliphatic rings. The van der Waals surface area contributed by atoms with Crippen LogP contribution < -0.4 is 9.62 Å². The Morgan fingerprint density at radius 3 is 2.32 bits per heavy atom. The van der Waals surface area contributed by atoms with Crippen LogP contribution in [-0.2, 0) is 14.8 Å². The summed E-state index contributed by atoms with van der Waals surface area (Å²) in [4.78, 5) is 12.2. The summed E-state index contributed by atoms with van der Waals surface area (Å²) in [7, 11) is -3.54. The van der Waals surface area contributed by atoms with E-state index in [0.29, 0.717) is 5.69 Å². The molecule has 0 spiro atoms. The number of hydrogen-bond acceptors (Lipinski definition) is 3. The summed E-state index contributed by atoms with van der Waals surface area (Å²) in [6.45, 7) is 9.44. The van der Waals surface area contributed by atoms with Crippen molar-refractivity contribution in [2.75, 3.05) is 17.1 Å². The molecule has 0 aliphatic carbocycles. The Kier molecular flexibility index (Phi) is 6.00. The molecule has 1 atom stereocenters. The summed E-state index contributed by atoms with van der Waals surface area (Å²) in [6.07, 6.45) is 1.12. The van der Waals surface area contributed by atoms with Crippen LogP contribution in [0.2, 0.25) is 0 Å². The zero-order valence-electron chi connectivity index (χ0n) is 14.2. The Bertz CT molecular complexity index is 639. The molecule has 1 aromatic rings. The van der Waals surface area contributed by atoms with E-state index in [1.54, 1.807) is 6.07 Å². The molecule has 124 valence electrons. The van der Waals surface area contributed by atoms with E-state index in [1.165, 1.54) is 0 Å². The molecule has 0 aliphatic heterocycles. The zero-order valence-corrected chi connectivity index (χ0v) is 15.0. The van der Waals surface area contributed by atoms with Crippen molar-refractivity contribution in [1.29, 1.82) is 0 Å². The van der Waals surface area contributed by atoms with Crippen LogP contribution in [0.25, 0.3) is 0 Å². The van der Waals surface area contributed by atoms with Gasteiger partial charge in [0.15, 0.2) is 0 Å². The smallest absolute Gasteiger partial charge is 0.240 e. The van der Waals surface area contributed by atoms with Crippen molar-refractivity contribution >= 4 is 21.6 Å². The van der Waals surface area contributed by atoms with Crippen LogP contribution in [0.5, 0.6) is 0 Å². The van der Waals surface area contributed by atoms with Gasteiger partial charge in [-0.1, -0.05) is 26.0 Å². The predicted octanol–water partition coefficient (Wildman–Crippen LogP) is 2.23. The molecule has 5 nitrogen and oxygen atoms in total. The van der Waals surface area contributed by atoms with Gasteiger partial charge in [0.25, 0.3) is 0 Å². The highest BCUT2D eigenvalue weighted by Crippen LogP contribution is 2.23. The van der Waals surface area contributed by atoms with Crippen molar-refractivity contribution in [2.24, 2.45) is 5.92 Å². The minimum absolute atomic E-state index is 0.00693. The van der Waals surface area contributed by atoms with Crippen molar-refractivity contribution in [2.45, 2.75) is 40.7 Å². The molecule has 6 heteroatoms. The molecular formula is C16H26N2O3S. The highest BCUT2D eigenvalue weighted by molar-refractivity contribution is 7.92. The second-order valence-electron chi connectivity index (χ2n) is 6.16. The van der Waals surface area contributed by atoms with Gasteiger partial charge in [-0.2, -0.15) is 0 Å². The number of benzene rings is 1. The minimum Gasteiger partial charge on any atom is -0.352 e. The molecule has 1 amide bonds. The number of amides is 1. The van der Waals surface area contributed by atoms with E-state index in [1.807, 2.05) is 46.8 Å². The average Bonchev–Trinajstić information content (AvgIpc) is 2.37. The molecular weight excluding hydrogens is 300 g/mol. The SMILES string of the molecule is Cc1ccc(C)c(N(CC(=O)N[C@H](C)C(C)C)S(C)(=O)=O)c1.